The molecule has 2 rings (SSSR count). The van der Waals surface area contributed by atoms with E-state index < -0.39 is 11.8 Å². The van der Waals surface area contributed by atoms with Crippen LogP contribution in [0.1, 0.15) is 26.3 Å². The highest BCUT2D eigenvalue weighted by Crippen LogP contribution is 2.05. The molecule has 6 heteroatoms. The lowest BCUT2D eigenvalue weighted by atomic mass is 10.1. The molecule has 0 bridgehead atoms. The fraction of sp³-hybridized carbons (Fsp3) is 0.118. The highest BCUT2D eigenvalue weighted by Gasteiger charge is 2.10. The van der Waals surface area contributed by atoms with E-state index in [0.29, 0.717) is 11.1 Å². The van der Waals surface area contributed by atoms with Gasteiger partial charge in [0.05, 0.1) is 6.54 Å². The summed E-state index contributed by atoms with van der Waals surface area (Å²) >= 11 is 0. The maximum atomic E-state index is 11.9. The van der Waals surface area contributed by atoms with Crippen LogP contribution >= 0.6 is 0 Å². The van der Waals surface area contributed by atoms with Crippen molar-refractivity contribution in [1.29, 1.82) is 0 Å². The molecule has 3 N–H and O–H groups in total. The minimum absolute atomic E-state index is 0.234. The number of hydrogen-bond acceptors (Lipinski definition) is 3. The molecule has 0 aliphatic heterocycles. The monoisotopic (exact) mass is 311 g/mol. The van der Waals surface area contributed by atoms with Gasteiger partial charge in [0.1, 0.15) is 0 Å². The smallest absolute Gasteiger partial charge is 0.269 e. The summed E-state index contributed by atoms with van der Waals surface area (Å²) < 4.78 is 0. The number of nitrogens with one attached hydrogen (secondary N) is 3. The van der Waals surface area contributed by atoms with E-state index in [1.807, 2.05) is 6.07 Å². The van der Waals surface area contributed by atoms with Gasteiger partial charge in [-0.2, -0.15) is 0 Å². The molecule has 0 heterocycles. The van der Waals surface area contributed by atoms with Crippen molar-refractivity contribution in [2.45, 2.75) is 6.92 Å². The van der Waals surface area contributed by atoms with Crippen molar-refractivity contribution in [3.63, 3.8) is 0 Å². The first-order valence-corrected chi connectivity index (χ1v) is 7.06. The van der Waals surface area contributed by atoms with Crippen molar-refractivity contribution in [3.8, 4) is 0 Å². The molecule has 0 atom stereocenters. The van der Waals surface area contributed by atoms with Crippen molar-refractivity contribution in [2.75, 3.05) is 6.54 Å². The van der Waals surface area contributed by atoms with Crippen molar-refractivity contribution in [2.24, 2.45) is 0 Å². The van der Waals surface area contributed by atoms with E-state index in [1.54, 1.807) is 55.5 Å². The normalized spacial score (nSPS) is 9.78. The lowest BCUT2D eigenvalue weighted by Crippen LogP contribution is -2.46. The number of benzene rings is 2. The average Bonchev–Trinajstić information content (AvgIpc) is 2.58. The summed E-state index contributed by atoms with van der Waals surface area (Å²) in [6.07, 6.45) is 0. The molecule has 6 nitrogen and oxygen atoms in total. The Kier molecular flexibility index (Phi) is 5.46. The largest absolute Gasteiger partial charge is 0.343 e. The van der Waals surface area contributed by atoms with Gasteiger partial charge in [-0.25, -0.2) is 0 Å². The Bertz CT molecular complexity index is 714. The van der Waals surface area contributed by atoms with Crippen LogP contribution in [0.4, 0.5) is 0 Å². The molecule has 0 aromatic heterocycles. The van der Waals surface area contributed by atoms with Crippen LogP contribution in [0.3, 0.4) is 0 Å². The maximum Gasteiger partial charge on any atom is 0.269 e. The Balaban J connectivity index is 1.78. The summed E-state index contributed by atoms with van der Waals surface area (Å²) in [6.45, 7) is 1.57. The summed E-state index contributed by atoms with van der Waals surface area (Å²) in [5.74, 6) is -1.28. The molecule has 2 aromatic carbocycles. The molecule has 0 fully saturated rings. The van der Waals surface area contributed by atoms with Crippen LogP contribution in [0.2, 0.25) is 0 Å². The van der Waals surface area contributed by atoms with Gasteiger partial charge >= 0.3 is 0 Å². The number of hydrazine groups is 1. The van der Waals surface area contributed by atoms with E-state index in [2.05, 4.69) is 16.2 Å². The lowest BCUT2D eigenvalue weighted by Gasteiger charge is -2.09. The van der Waals surface area contributed by atoms with Gasteiger partial charge in [-0.1, -0.05) is 36.4 Å². The van der Waals surface area contributed by atoms with E-state index in [4.69, 9.17) is 0 Å². The van der Waals surface area contributed by atoms with E-state index in [9.17, 15) is 14.4 Å². The quantitative estimate of drug-likeness (QED) is 0.741. The third-order valence-corrected chi connectivity index (χ3v) is 3.15. The number of carbonyl (C=O) groups is 3. The van der Waals surface area contributed by atoms with Crippen molar-refractivity contribution in [1.82, 2.24) is 16.2 Å². The first kappa shape index (κ1) is 16.2. The predicted octanol–water partition coefficient (Wildman–Crippen LogP) is 1.19. The first-order chi connectivity index (χ1) is 11.1. The Hall–Kier alpha value is -3.15. The molecule has 118 valence electrons. The van der Waals surface area contributed by atoms with Gasteiger partial charge in [0.15, 0.2) is 0 Å². The number of amides is 3. The summed E-state index contributed by atoms with van der Waals surface area (Å²) in [6, 6.07) is 15.6. The van der Waals surface area contributed by atoms with Crippen LogP contribution in [0.25, 0.3) is 0 Å². The highest BCUT2D eigenvalue weighted by atomic mass is 16.2. The third kappa shape index (κ3) is 4.67. The predicted molar refractivity (Wildman–Crippen MR) is 85.6 cm³/mol. The Morgan fingerprint density at radius 1 is 0.826 bits per heavy atom. The summed E-state index contributed by atoms with van der Waals surface area (Å²) in [5, 5.41) is 2.47. The molecule has 0 radical (unpaired) electrons. The van der Waals surface area contributed by atoms with Gasteiger partial charge in [-0.3, -0.25) is 25.2 Å². The van der Waals surface area contributed by atoms with Gasteiger partial charge in [0, 0.05) is 11.1 Å². The standard InChI is InChI=1S/C17H17N3O3/c1-12-7-5-6-10-14(12)17(23)20-19-15(21)11-18-16(22)13-8-3-2-4-9-13/h2-10H,11H2,1H3,(H,18,22)(H,19,21)(H,20,23). The topological polar surface area (TPSA) is 87.3 Å². The fourth-order valence-electron chi connectivity index (χ4n) is 1.92. The van der Waals surface area contributed by atoms with E-state index in [1.165, 1.54) is 0 Å². The molecule has 0 aliphatic carbocycles. The van der Waals surface area contributed by atoms with Gasteiger partial charge in [-0.15, -0.1) is 0 Å². The summed E-state index contributed by atoms with van der Waals surface area (Å²) in [4.78, 5) is 35.4. The van der Waals surface area contributed by atoms with Crippen LogP contribution in [-0.2, 0) is 4.79 Å². The zero-order valence-electron chi connectivity index (χ0n) is 12.6. The van der Waals surface area contributed by atoms with E-state index >= 15 is 0 Å². The molecule has 23 heavy (non-hydrogen) atoms. The second-order valence-corrected chi connectivity index (χ2v) is 4.87. The molecule has 0 unspecified atom stereocenters. The molecule has 0 spiro atoms. The first-order valence-electron chi connectivity index (χ1n) is 7.06. The third-order valence-electron chi connectivity index (χ3n) is 3.15. The van der Waals surface area contributed by atoms with Crippen molar-refractivity contribution >= 4 is 17.7 Å². The Morgan fingerprint density at radius 3 is 2.17 bits per heavy atom. The van der Waals surface area contributed by atoms with Crippen molar-refractivity contribution < 1.29 is 14.4 Å². The Morgan fingerprint density at radius 2 is 1.48 bits per heavy atom. The molecular formula is C17H17N3O3. The second kappa shape index (κ2) is 7.74. The van der Waals surface area contributed by atoms with Gasteiger partial charge < -0.3 is 5.32 Å². The zero-order valence-corrected chi connectivity index (χ0v) is 12.6. The fourth-order valence-corrected chi connectivity index (χ4v) is 1.92. The van der Waals surface area contributed by atoms with Gasteiger partial charge in [0.2, 0.25) is 0 Å². The average molecular weight is 311 g/mol. The van der Waals surface area contributed by atoms with Crippen LogP contribution in [0.5, 0.6) is 0 Å². The van der Waals surface area contributed by atoms with Gasteiger partial charge in [-0.05, 0) is 30.7 Å². The van der Waals surface area contributed by atoms with Crippen LogP contribution in [0, 0.1) is 6.92 Å². The summed E-state index contributed by atoms with van der Waals surface area (Å²) in [7, 11) is 0. The van der Waals surface area contributed by atoms with E-state index in [0.717, 1.165) is 5.56 Å². The lowest BCUT2D eigenvalue weighted by molar-refractivity contribution is -0.120. The molecule has 2 aromatic rings. The SMILES string of the molecule is Cc1ccccc1C(=O)NNC(=O)CNC(=O)c1ccccc1. The maximum absolute atomic E-state index is 11.9. The molecule has 0 saturated heterocycles. The van der Waals surface area contributed by atoms with Crippen LogP contribution in [0.15, 0.2) is 54.6 Å². The molecular weight excluding hydrogens is 294 g/mol. The second-order valence-electron chi connectivity index (χ2n) is 4.87. The van der Waals surface area contributed by atoms with Crippen molar-refractivity contribution in [3.05, 3.63) is 71.3 Å². The number of aryl methyl sites for hydroxylation is 1. The van der Waals surface area contributed by atoms with Gasteiger partial charge in [0.25, 0.3) is 17.7 Å². The number of carbonyl (C=O) groups excluding carboxylic acids is 3. The van der Waals surface area contributed by atoms with Crippen LogP contribution < -0.4 is 16.2 Å². The zero-order chi connectivity index (χ0) is 16.7. The Labute approximate surface area is 133 Å². The minimum atomic E-state index is -0.517. The van der Waals surface area contributed by atoms with Crippen LogP contribution in [-0.4, -0.2) is 24.3 Å². The molecule has 0 saturated carbocycles. The minimum Gasteiger partial charge on any atom is -0.343 e. The number of hydrogen-bond donors (Lipinski definition) is 3. The summed E-state index contributed by atoms with van der Waals surface area (Å²) in [5.41, 5.74) is 6.31. The molecule has 0 aliphatic rings. The highest BCUT2D eigenvalue weighted by molar-refractivity contribution is 5.98. The number of rotatable bonds is 4. The molecule has 3 amide bonds. The van der Waals surface area contributed by atoms with E-state index in [-0.39, 0.29) is 12.5 Å².